The van der Waals surface area contributed by atoms with Gasteiger partial charge in [0.2, 0.25) is 5.91 Å². The van der Waals surface area contributed by atoms with E-state index in [-0.39, 0.29) is 22.0 Å². The number of carbonyl (C=O) groups excluding carboxylic acids is 2. The molecule has 0 spiro atoms. The lowest BCUT2D eigenvalue weighted by atomic mass is 10.1. The third-order valence-corrected chi connectivity index (χ3v) is 7.98. The summed E-state index contributed by atoms with van der Waals surface area (Å²) < 4.78 is 26.9. The Kier molecular flexibility index (Phi) is 7.23. The summed E-state index contributed by atoms with van der Waals surface area (Å²) in [5.41, 5.74) is 5.16. The fourth-order valence-electron chi connectivity index (χ4n) is 3.63. The van der Waals surface area contributed by atoms with Crippen molar-refractivity contribution in [1.29, 1.82) is 0 Å². The van der Waals surface area contributed by atoms with Crippen molar-refractivity contribution >= 4 is 91.2 Å². The lowest BCUT2D eigenvalue weighted by Crippen LogP contribution is -2.18. The molecule has 3 aromatic carbocycles. The van der Waals surface area contributed by atoms with Crippen molar-refractivity contribution in [1.82, 2.24) is 0 Å². The van der Waals surface area contributed by atoms with Crippen LogP contribution in [0.5, 0.6) is 0 Å². The average molecular weight is 624 g/mol. The number of hydrogen-bond donors (Lipinski definition) is 3. The summed E-state index contributed by atoms with van der Waals surface area (Å²) in [7, 11) is 0. The number of nitrogens with two attached hydrogens (primary N) is 1. The van der Waals surface area contributed by atoms with Gasteiger partial charge in [0.1, 0.15) is 15.8 Å². The summed E-state index contributed by atoms with van der Waals surface area (Å²) in [6.07, 6.45) is 0. The van der Waals surface area contributed by atoms with Crippen LogP contribution in [0.1, 0.15) is 21.8 Å². The normalized spacial score (nSPS) is 18.1. The molecule has 1 unspecified atom stereocenters. The van der Waals surface area contributed by atoms with Crippen molar-refractivity contribution in [2.75, 3.05) is 16.4 Å². The molecule has 0 aromatic heterocycles. The lowest BCUT2D eigenvalue weighted by Gasteiger charge is -2.11. The number of halogens is 7. The van der Waals surface area contributed by atoms with Crippen molar-refractivity contribution in [2.24, 2.45) is 5.92 Å². The molecule has 1 aliphatic carbocycles. The van der Waals surface area contributed by atoms with Gasteiger partial charge in [-0.1, -0.05) is 29.3 Å². The van der Waals surface area contributed by atoms with Gasteiger partial charge < -0.3 is 16.4 Å². The lowest BCUT2D eigenvalue weighted by molar-refractivity contribution is -0.117. The Bertz CT molecular complexity index is 1370. The van der Waals surface area contributed by atoms with Crippen LogP contribution in [0.15, 0.2) is 53.0 Å². The molecule has 2 atom stereocenters. The molecule has 0 aliphatic heterocycles. The highest BCUT2D eigenvalue weighted by molar-refractivity contribution is 9.10. The van der Waals surface area contributed by atoms with Crippen molar-refractivity contribution in [2.45, 2.75) is 10.3 Å². The van der Waals surface area contributed by atoms with Crippen LogP contribution in [0.25, 0.3) is 0 Å². The predicted molar refractivity (Wildman–Crippen MR) is 139 cm³/mol. The van der Waals surface area contributed by atoms with Gasteiger partial charge in [0.15, 0.2) is 5.82 Å². The number of anilines is 3. The van der Waals surface area contributed by atoms with E-state index >= 15 is 0 Å². The Hall–Kier alpha value is -2.10. The second-order valence-electron chi connectivity index (χ2n) is 7.76. The topological polar surface area (TPSA) is 84.2 Å². The van der Waals surface area contributed by atoms with Gasteiger partial charge in [-0.05, 0) is 64.0 Å². The van der Waals surface area contributed by atoms with Gasteiger partial charge in [-0.25, -0.2) is 8.78 Å². The molecule has 0 heterocycles. The number of carbonyl (C=O) groups is 2. The molecule has 2 amide bonds. The molecular weight excluding hydrogens is 610 g/mol. The van der Waals surface area contributed by atoms with E-state index in [2.05, 4.69) is 26.6 Å². The Morgan fingerprint density at radius 3 is 2.34 bits per heavy atom. The molecule has 5 nitrogen and oxygen atoms in total. The maximum Gasteiger partial charge on any atom is 0.257 e. The molecule has 4 rings (SSSR count). The van der Waals surface area contributed by atoms with Gasteiger partial charge in [-0.3, -0.25) is 9.59 Å². The minimum Gasteiger partial charge on any atom is -0.394 e. The fraction of sp³-hybridized carbons (Fsp3) is 0.130. The summed E-state index contributed by atoms with van der Waals surface area (Å²) in [6.45, 7) is 0. The Labute approximate surface area is 227 Å². The smallest absolute Gasteiger partial charge is 0.257 e. The van der Waals surface area contributed by atoms with E-state index in [1.165, 1.54) is 18.2 Å². The molecule has 182 valence electrons. The average Bonchev–Trinajstić information content (AvgIpc) is 3.39. The second-order valence-corrected chi connectivity index (χ2v) is 10.9. The molecule has 0 bridgehead atoms. The van der Waals surface area contributed by atoms with Crippen molar-refractivity contribution in [3.05, 3.63) is 85.8 Å². The number of nitrogen functional groups attached to an aromatic ring is 1. The van der Waals surface area contributed by atoms with Gasteiger partial charge in [-0.2, -0.15) is 0 Å². The molecule has 12 heteroatoms. The highest BCUT2D eigenvalue weighted by Crippen LogP contribution is 2.65. The number of nitrogens with one attached hydrogen (secondary N) is 2. The summed E-state index contributed by atoms with van der Waals surface area (Å²) in [4.78, 5) is 25.6. The van der Waals surface area contributed by atoms with Gasteiger partial charge in [-0.15, -0.1) is 23.2 Å². The zero-order valence-corrected chi connectivity index (χ0v) is 21.9. The van der Waals surface area contributed by atoms with E-state index in [9.17, 15) is 18.4 Å². The molecule has 1 saturated carbocycles. The molecule has 0 radical (unpaired) electrons. The fourth-order valence-corrected chi connectivity index (χ4v) is 5.17. The highest BCUT2D eigenvalue weighted by Gasteiger charge is 2.67. The van der Waals surface area contributed by atoms with Crippen LogP contribution < -0.4 is 16.4 Å². The number of rotatable bonds is 5. The third kappa shape index (κ3) is 5.08. The van der Waals surface area contributed by atoms with E-state index < -0.39 is 45.3 Å². The van der Waals surface area contributed by atoms with E-state index in [1.807, 2.05) is 0 Å². The molecule has 3 aromatic rings. The van der Waals surface area contributed by atoms with Crippen molar-refractivity contribution in [3.63, 3.8) is 0 Å². The summed E-state index contributed by atoms with van der Waals surface area (Å²) in [5, 5.41) is 5.50. The zero-order valence-electron chi connectivity index (χ0n) is 17.3. The Morgan fingerprint density at radius 2 is 1.66 bits per heavy atom. The number of amides is 2. The molecular formula is C23H14BrCl4F2N3O2. The number of hydrogen-bond acceptors (Lipinski definition) is 3. The zero-order chi connectivity index (χ0) is 25.7. The number of benzene rings is 3. The Morgan fingerprint density at radius 1 is 0.971 bits per heavy atom. The molecule has 0 saturated heterocycles. The monoisotopic (exact) mass is 621 g/mol. The first kappa shape index (κ1) is 26.0. The molecule has 35 heavy (non-hydrogen) atoms. The second kappa shape index (κ2) is 9.75. The van der Waals surface area contributed by atoms with E-state index in [0.29, 0.717) is 9.50 Å². The van der Waals surface area contributed by atoms with Crippen LogP contribution in [0.3, 0.4) is 0 Å². The van der Waals surface area contributed by atoms with Gasteiger partial charge in [0, 0.05) is 16.1 Å². The van der Waals surface area contributed by atoms with Gasteiger partial charge in [0.25, 0.3) is 5.91 Å². The molecule has 1 aliphatic rings. The first-order chi connectivity index (χ1) is 16.4. The summed E-state index contributed by atoms with van der Waals surface area (Å²) in [6, 6.07) is 11.3. The number of alkyl halides is 2. The minimum atomic E-state index is -1.34. The van der Waals surface area contributed by atoms with Crippen LogP contribution in [0, 0.1) is 17.6 Å². The maximum atomic E-state index is 14.2. The standard InChI is InChI=1S/C23H14BrCl4F2N3O2/c24-12-7-9(1-3-14(12)26)17-18(23(17,27)28)22(35)32-10-2-4-13(25)11(8-10)21(34)33-16-6-5-15(29)20(31)19(16)30/h1-8,17-18H,31H2,(H,32,35)(H,33,34)/t17-,18?/m0/s1. The quantitative estimate of drug-likeness (QED) is 0.205. The van der Waals surface area contributed by atoms with Crippen LogP contribution in [-0.2, 0) is 4.79 Å². The Balaban J connectivity index is 1.52. The van der Waals surface area contributed by atoms with Crippen LogP contribution in [-0.4, -0.2) is 16.1 Å². The van der Waals surface area contributed by atoms with Crippen LogP contribution in [0.4, 0.5) is 25.8 Å². The summed E-state index contributed by atoms with van der Waals surface area (Å²) >= 11 is 28.3. The first-order valence-corrected chi connectivity index (χ1v) is 12.2. The highest BCUT2D eigenvalue weighted by atomic mass is 79.9. The van der Waals surface area contributed by atoms with Crippen LogP contribution >= 0.6 is 62.3 Å². The van der Waals surface area contributed by atoms with Crippen LogP contribution in [0.2, 0.25) is 10.0 Å². The maximum absolute atomic E-state index is 14.2. The van der Waals surface area contributed by atoms with Crippen molar-refractivity contribution in [3.8, 4) is 0 Å². The van der Waals surface area contributed by atoms with Gasteiger partial charge in [0.05, 0.1) is 27.2 Å². The first-order valence-electron chi connectivity index (χ1n) is 9.89. The molecule has 4 N–H and O–H groups in total. The predicted octanol–water partition coefficient (Wildman–Crippen LogP) is 7.39. The minimum absolute atomic E-state index is 0.0373. The van der Waals surface area contributed by atoms with E-state index in [0.717, 1.165) is 17.7 Å². The van der Waals surface area contributed by atoms with Gasteiger partial charge >= 0.3 is 0 Å². The SMILES string of the molecule is Nc1c(F)ccc(NC(=O)c2cc(NC(=O)C3[C@H](c4ccc(Cl)c(Br)c4)C3(Cl)Cl)ccc2Cl)c1F. The summed E-state index contributed by atoms with van der Waals surface area (Å²) in [5.74, 6) is -4.60. The van der Waals surface area contributed by atoms with E-state index in [4.69, 9.17) is 52.1 Å². The third-order valence-electron chi connectivity index (χ3n) is 5.49. The largest absolute Gasteiger partial charge is 0.394 e. The molecule has 1 fully saturated rings. The van der Waals surface area contributed by atoms with E-state index in [1.54, 1.807) is 18.2 Å². The van der Waals surface area contributed by atoms with Crippen molar-refractivity contribution < 1.29 is 18.4 Å².